The number of nitrogens with one attached hydrogen (secondary N) is 2. The average molecular weight is 382 g/mol. The second kappa shape index (κ2) is 9.24. The highest BCUT2D eigenvalue weighted by Gasteiger charge is 2.40. The van der Waals surface area contributed by atoms with Crippen molar-refractivity contribution in [3.05, 3.63) is 24.3 Å². The lowest BCUT2D eigenvalue weighted by Gasteiger charge is -2.43. The number of fused-ring (bicyclic) bond motifs is 2. The Balaban J connectivity index is 0.00000243. The number of rotatable bonds is 5. The zero-order chi connectivity index (χ0) is 17.8. The van der Waals surface area contributed by atoms with Gasteiger partial charge in [-0.2, -0.15) is 0 Å². The highest BCUT2D eigenvalue weighted by atomic mass is 35.5. The molecule has 2 unspecified atom stereocenters. The maximum absolute atomic E-state index is 12.6. The SMILES string of the molecule is CNC(=O)COc1ccc(NC(=O)C2CC3CCCC(C2)C3N)cc1.Cl. The van der Waals surface area contributed by atoms with Crippen molar-refractivity contribution in [1.82, 2.24) is 5.32 Å². The van der Waals surface area contributed by atoms with Crippen LogP contribution in [0.1, 0.15) is 32.1 Å². The first-order valence-corrected chi connectivity index (χ1v) is 9.06. The summed E-state index contributed by atoms with van der Waals surface area (Å²) in [6, 6.07) is 7.38. The molecule has 0 saturated heterocycles. The number of ether oxygens (including phenoxy) is 1. The number of amides is 2. The van der Waals surface area contributed by atoms with E-state index in [0.29, 0.717) is 17.6 Å². The Hall–Kier alpha value is -1.79. The lowest BCUT2D eigenvalue weighted by molar-refractivity contribution is -0.123. The molecule has 3 rings (SSSR count). The first-order chi connectivity index (χ1) is 12.1. The van der Waals surface area contributed by atoms with Gasteiger partial charge >= 0.3 is 0 Å². The summed E-state index contributed by atoms with van der Waals surface area (Å²) in [5.74, 6) is 1.53. The van der Waals surface area contributed by atoms with Crippen LogP contribution in [0.3, 0.4) is 0 Å². The normalized spacial score (nSPS) is 27.0. The number of anilines is 1. The van der Waals surface area contributed by atoms with Crippen LogP contribution in [0.5, 0.6) is 5.75 Å². The van der Waals surface area contributed by atoms with Crippen molar-refractivity contribution < 1.29 is 14.3 Å². The molecule has 2 atom stereocenters. The molecule has 4 N–H and O–H groups in total. The fraction of sp³-hybridized carbons (Fsp3) is 0.579. The second-order valence-electron chi connectivity index (χ2n) is 7.17. The lowest BCUT2D eigenvalue weighted by atomic mass is 9.65. The molecular formula is C19H28ClN3O3. The molecule has 6 nitrogen and oxygen atoms in total. The fourth-order valence-electron chi connectivity index (χ4n) is 4.10. The van der Waals surface area contributed by atoms with E-state index in [9.17, 15) is 9.59 Å². The molecule has 2 saturated carbocycles. The van der Waals surface area contributed by atoms with Crippen LogP contribution >= 0.6 is 12.4 Å². The standard InChI is InChI=1S/C19H27N3O3.ClH/c1-21-17(23)11-25-16-7-5-15(6-8-16)22-19(24)14-9-12-3-2-4-13(10-14)18(12)20;/h5-8,12-14,18H,2-4,9-11,20H2,1H3,(H,21,23)(H,22,24);1H. The van der Waals surface area contributed by atoms with E-state index in [4.69, 9.17) is 10.5 Å². The van der Waals surface area contributed by atoms with Crippen LogP contribution in [-0.4, -0.2) is 31.5 Å². The molecule has 0 aromatic heterocycles. The first kappa shape index (κ1) is 20.5. The summed E-state index contributed by atoms with van der Waals surface area (Å²) in [6.45, 7) is -0.0205. The number of halogens is 1. The van der Waals surface area contributed by atoms with Crippen LogP contribution in [0.15, 0.2) is 24.3 Å². The van der Waals surface area contributed by atoms with E-state index < -0.39 is 0 Å². The van der Waals surface area contributed by atoms with Crippen molar-refractivity contribution in [2.75, 3.05) is 19.0 Å². The monoisotopic (exact) mass is 381 g/mol. The Bertz CT molecular complexity index is 609. The quantitative estimate of drug-likeness (QED) is 0.729. The van der Waals surface area contributed by atoms with Crippen molar-refractivity contribution >= 4 is 29.9 Å². The van der Waals surface area contributed by atoms with Gasteiger partial charge in [0.1, 0.15) is 5.75 Å². The van der Waals surface area contributed by atoms with Crippen molar-refractivity contribution in [3.63, 3.8) is 0 Å². The zero-order valence-corrected chi connectivity index (χ0v) is 15.9. The number of carbonyl (C=O) groups excluding carboxylic acids is 2. The van der Waals surface area contributed by atoms with E-state index in [2.05, 4.69) is 10.6 Å². The minimum absolute atomic E-state index is 0. The first-order valence-electron chi connectivity index (χ1n) is 9.06. The van der Waals surface area contributed by atoms with Gasteiger partial charge in [0, 0.05) is 24.7 Å². The molecule has 2 fully saturated rings. The predicted octanol–water partition coefficient (Wildman–Crippen LogP) is 2.33. The maximum Gasteiger partial charge on any atom is 0.257 e. The minimum atomic E-state index is -0.182. The van der Waals surface area contributed by atoms with Gasteiger partial charge in [-0.05, 0) is 61.8 Å². The van der Waals surface area contributed by atoms with Gasteiger partial charge in [-0.3, -0.25) is 9.59 Å². The van der Waals surface area contributed by atoms with E-state index >= 15 is 0 Å². The van der Waals surface area contributed by atoms with E-state index in [1.54, 1.807) is 31.3 Å². The zero-order valence-electron chi connectivity index (χ0n) is 15.1. The summed E-state index contributed by atoms with van der Waals surface area (Å²) in [6.07, 6.45) is 5.35. The van der Waals surface area contributed by atoms with Gasteiger partial charge in [-0.15, -0.1) is 12.4 Å². The van der Waals surface area contributed by atoms with Gasteiger partial charge in [0.05, 0.1) is 0 Å². The molecule has 1 aromatic rings. The van der Waals surface area contributed by atoms with Gasteiger partial charge in [0.2, 0.25) is 5.91 Å². The average Bonchev–Trinajstić information content (AvgIpc) is 2.60. The molecule has 2 amide bonds. The van der Waals surface area contributed by atoms with Gasteiger partial charge in [0.15, 0.2) is 6.61 Å². The molecule has 1 aromatic carbocycles. The number of nitrogens with two attached hydrogens (primary N) is 1. The predicted molar refractivity (Wildman–Crippen MR) is 103 cm³/mol. The lowest BCUT2D eigenvalue weighted by Crippen LogP contribution is -2.48. The fourth-order valence-corrected chi connectivity index (χ4v) is 4.10. The minimum Gasteiger partial charge on any atom is -0.484 e. The molecule has 0 spiro atoms. The summed E-state index contributed by atoms with van der Waals surface area (Å²) < 4.78 is 5.36. The Kier molecular flexibility index (Phi) is 7.29. The molecule has 2 bridgehead atoms. The van der Waals surface area contributed by atoms with Crippen LogP contribution in [0, 0.1) is 17.8 Å². The summed E-state index contributed by atoms with van der Waals surface area (Å²) in [5, 5.41) is 5.50. The van der Waals surface area contributed by atoms with Crippen LogP contribution < -0.4 is 21.1 Å². The summed E-state index contributed by atoms with van der Waals surface area (Å²) in [7, 11) is 1.57. The van der Waals surface area contributed by atoms with Crippen molar-refractivity contribution in [2.45, 2.75) is 38.1 Å². The molecule has 0 aliphatic heterocycles. The Morgan fingerprint density at radius 2 is 1.77 bits per heavy atom. The Morgan fingerprint density at radius 3 is 2.35 bits per heavy atom. The summed E-state index contributed by atoms with van der Waals surface area (Å²) in [4.78, 5) is 23.8. The summed E-state index contributed by atoms with van der Waals surface area (Å²) in [5.41, 5.74) is 7.05. The van der Waals surface area contributed by atoms with Crippen LogP contribution in [-0.2, 0) is 9.59 Å². The van der Waals surface area contributed by atoms with Crippen molar-refractivity contribution in [2.24, 2.45) is 23.5 Å². The second-order valence-corrected chi connectivity index (χ2v) is 7.17. The molecule has 7 heteroatoms. The Morgan fingerprint density at radius 1 is 1.15 bits per heavy atom. The number of hydrogen-bond donors (Lipinski definition) is 3. The van der Waals surface area contributed by atoms with Gasteiger partial charge in [0.25, 0.3) is 5.91 Å². The summed E-state index contributed by atoms with van der Waals surface area (Å²) >= 11 is 0. The number of benzene rings is 1. The molecule has 26 heavy (non-hydrogen) atoms. The van der Waals surface area contributed by atoms with E-state index in [1.165, 1.54) is 6.42 Å². The number of hydrogen-bond acceptors (Lipinski definition) is 4. The van der Waals surface area contributed by atoms with Crippen molar-refractivity contribution in [3.8, 4) is 5.75 Å². The highest BCUT2D eigenvalue weighted by molar-refractivity contribution is 5.92. The van der Waals surface area contributed by atoms with E-state index in [0.717, 1.165) is 31.4 Å². The van der Waals surface area contributed by atoms with Crippen LogP contribution in [0.25, 0.3) is 0 Å². The molecule has 2 aliphatic rings. The molecule has 144 valence electrons. The van der Waals surface area contributed by atoms with Gasteiger partial charge in [-0.1, -0.05) is 6.42 Å². The largest absolute Gasteiger partial charge is 0.484 e. The molecule has 2 aliphatic carbocycles. The number of likely N-dealkylation sites (N-methyl/N-ethyl adjacent to an activating group) is 1. The van der Waals surface area contributed by atoms with E-state index in [-0.39, 0.29) is 42.8 Å². The maximum atomic E-state index is 12.6. The topological polar surface area (TPSA) is 93.5 Å². The molecular weight excluding hydrogens is 354 g/mol. The molecule has 0 heterocycles. The third kappa shape index (κ3) is 4.89. The van der Waals surface area contributed by atoms with E-state index in [1.807, 2.05) is 0 Å². The smallest absolute Gasteiger partial charge is 0.257 e. The van der Waals surface area contributed by atoms with Gasteiger partial charge < -0.3 is 21.1 Å². The van der Waals surface area contributed by atoms with Crippen LogP contribution in [0.2, 0.25) is 0 Å². The highest BCUT2D eigenvalue weighted by Crippen LogP contribution is 2.42. The van der Waals surface area contributed by atoms with Gasteiger partial charge in [-0.25, -0.2) is 0 Å². The third-order valence-corrected chi connectivity index (χ3v) is 5.55. The third-order valence-electron chi connectivity index (χ3n) is 5.55. The van der Waals surface area contributed by atoms with Crippen LogP contribution in [0.4, 0.5) is 5.69 Å². The number of carbonyl (C=O) groups is 2. The molecule has 0 radical (unpaired) electrons. The Labute approximate surface area is 160 Å². The van der Waals surface area contributed by atoms with Crippen molar-refractivity contribution in [1.29, 1.82) is 0 Å².